The molecular weight excluding hydrogens is 1340 g/mol. The zero-order valence-electron chi connectivity index (χ0n) is 55.1. The molecule has 9 amide bonds. The molecule has 528 valence electrons. The molecule has 3 saturated heterocycles. The van der Waals surface area contributed by atoms with Crippen molar-refractivity contribution in [2.45, 2.75) is 42.0 Å². The van der Waals surface area contributed by atoms with Crippen molar-refractivity contribution >= 4 is 80.7 Å². The number of benzene rings is 3. The molecule has 0 spiro atoms. The van der Waals surface area contributed by atoms with Crippen LogP contribution in [0.15, 0.2) is 139 Å². The summed E-state index contributed by atoms with van der Waals surface area (Å²) in [5.41, 5.74) is 0.909. The third-order valence-electron chi connectivity index (χ3n) is 19.5. The van der Waals surface area contributed by atoms with Gasteiger partial charge in [-0.2, -0.15) is 0 Å². The number of furan rings is 2. The fourth-order valence-corrected chi connectivity index (χ4v) is 14.5. The summed E-state index contributed by atoms with van der Waals surface area (Å²) in [4.78, 5) is 184. The van der Waals surface area contributed by atoms with Gasteiger partial charge in [-0.1, -0.05) is 0 Å². The second kappa shape index (κ2) is 25.7. The second-order valence-electron chi connectivity index (χ2n) is 24.8. The lowest BCUT2D eigenvalue weighted by Crippen LogP contribution is -2.72. The Kier molecular flexibility index (Phi) is 17.0. The van der Waals surface area contributed by atoms with E-state index >= 15 is 0 Å². The SMILES string of the molecule is COc1c2c(cc3c1OC(=O)C1C3C3C(=O)NC(=O)N(C)C31)C1C(O2)C2C1C(=O)NC(=O)N2C.COc1c2c(cc3ccoc13)C1C3C(=O)NC(=O)N(C)C3C1C(=O)O2.COc1c2occc2cc2ccc(=O)oc12.Cn1ccc(=O)[nH]c1=O.Cn1ccc(=O)[nH]c1=O.Cn1ccc(=O)[nH]c1=O. The van der Waals surface area contributed by atoms with E-state index in [4.69, 9.17) is 41.7 Å². The number of aromatic amines is 3. The number of carbonyl (C=O) groups excluding carboxylic acids is 8. The Balaban J connectivity index is 0.000000119. The average Bonchev–Trinajstić information content (AvgIpc) is 1.17. The minimum Gasteiger partial charge on any atom is -0.490 e. The molecule has 6 N–H and O–H groups in total. The summed E-state index contributed by atoms with van der Waals surface area (Å²) in [7, 11) is 13.9. The Morgan fingerprint density at radius 3 is 1.22 bits per heavy atom. The molecule has 6 fully saturated rings. The molecule has 12 heterocycles. The first-order valence-electron chi connectivity index (χ1n) is 31.1. The molecule has 3 aliphatic carbocycles. The molecule has 3 saturated carbocycles. The number of methoxy groups -OCH3 is 3. The third kappa shape index (κ3) is 11.1. The Labute approximate surface area is 569 Å². The van der Waals surface area contributed by atoms with Crippen molar-refractivity contribution in [3.8, 4) is 34.5 Å². The summed E-state index contributed by atoms with van der Waals surface area (Å²) < 4.78 is 53.4. The number of hydrogen-bond donors (Lipinski definition) is 6. The number of fused-ring (bicyclic) bond motifs is 21. The number of carbonyl (C=O) groups is 8. The number of rotatable bonds is 3. The van der Waals surface area contributed by atoms with Gasteiger partial charge in [0.05, 0.1) is 81.6 Å². The van der Waals surface area contributed by atoms with Gasteiger partial charge in [0.25, 0.3) is 16.7 Å². The zero-order chi connectivity index (χ0) is 72.9. The molecule has 9 aromatic rings. The molecule has 18 rings (SSSR count). The van der Waals surface area contributed by atoms with E-state index in [-0.39, 0.29) is 68.9 Å². The van der Waals surface area contributed by atoms with Crippen LogP contribution in [0.5, 0.6) is 34.5 Å². The van der Waals surface area contributed by atoms with E-state index in [0.29, 0.717) is 45.3 Å². The van der Waals surface area contributed by atoms with E-state index in [1.165, 1.54) is 98.8 Å². The lowest BCUT2D eigenvalue weighted by atomic mass is 9.55. The number of likely N-dealkylation sites (N-methyl/N-ethyl adjacent to an activating group) is 1. The molecule has 6 aromatic heterocycles. The van der Waals surface area contributed by atoms with E-state index in [1.54, 1.807) is 60.7 Å². The van der Waals surface area contributed by atoms with Crippen LogP contribution in [0.25, 0.3) is 32.9 Å². The van der Waals surface area contributed by atoms with Gasteiger partial charge in [0.2, 0.25) is 35.0 Å². The number of ether oxygens (including phenoxy) is 6. The second-order valence-corrected chi connectivity index (χ2v) is 24.8. The minimum atomic E-state index is -0.686. The predicted molar refractivity (Wildman–Crippen MR) is 348 cm³/mol. The quantitative estimate of drug-likeness (QED) is 0.0798. The van der Waals surface area contributed by atoms with E-state index < -0.39 is 101 Å². The zero-order valence-corrected chi connectivity index (χ0v) is 55.1. The summed E-state index contributed by atoms with van der Waals surface area (Å²) >= 11 is 0. The maximum Gasteiger partial charge on any atom is 0.336 e. The van der Waals surface area contributed by atoms with Crippen LogP contribution in [0, 0.1) is 29.6 Å². The van der Waals surface area contributed by atoms with Crippen molar-refractivity contribution in [3.05, 3.63) is 181 Å². The first-order valence-corrected chi connectivity index (χ1v) is 31.1. The van der Waals surface area contributed by atoms with Crippen LogP contribution in [0.3, 0.4) is 0 Å². The lowest BCUT2D eigenvalue weighted by Gasteiger charge is -2.56. The Morgan fingerprint density at radius 2 is 0.775 bits per heavy atom. The highest BCUT2D eigenvalue weighted by atomic mass is 16.6. The molecule has 0 bridgehead atoms. The summed E-state index contributed by atoms with van der Waals surface area (Å²) in [5, 5.41) is 9.60. The summed E-state index contributed by atoms with van der Waals surface area (Å²) in [6, 6.07) is 13.2. The molecule has 0 radical (unpaired) electrons. The molecule has 36 nitrogen and oxygen atoms in total. The van der Waals surface area contributed by atoms with Gasteiger partial charge in [-0.05, 0) is 36.4 Å². The van der Waals surface area contributed by atoms with Gasteiger partial charge in [0, 0.05) is 136 Å². The topological polar surface area (TPSA) is 459 Å². The van der Waals surface area contributed by atoms with Crippen LogP contribution in [0.1, 0.15) is 34.4 Å². The molecule has 102 heavy (non-hydrogen) atoms. The largest absolute Gasteiger partial charge is 0.490 e. The monoisotopic (exact) mass is 1400 g/mol. The minimum absolute atomic E-state index is 0.191. The van der Waals surface area contributed by atoms with Gasteiger partial charge in [0.1, 0.15) is 6.10 Å². The Hall–Kier alpha value is -13.1. The summed E-state index contributed by atoms with van der Waals surface area (Å²) in [5.74, 6) is -4.29. The van der Waals surface area contributed by atoms with Gasteiger partial charge < -0.3 is 70.1 Å². The average molecular weight is 1410 g/mol. The fourth-order valence-electron chi connectivity index (χ4n) is 14.5. The van der Waals surface area contributed by atoms with Gasteiger partial charge in [-0.15, -0.1) is 0 Å². The van der Waals surface area contributed by atoms with Gasteiger partial charge >= 0.3 is 52.7 Å². The number of esters is 2. The van der Waals surface area contributed by atoms with Crippen LogP contribution >= 0.6 is 0 Å². The van der Waals surface area contributed by atoms with Crippen molar-refractivity contribution in [1.82, 2.24) is 59.3 Å². The fraction of sp³-hybridized carbons (Fsp3) is 0.318. The molecule has 12 unspecified atom stereocenters. The van der Waals surface area contributed by atoms with Crippen LogP contribution in [0.2, 0.25) is 0 Å². The first-order chi connectivity index (χ1) is 48.7. The van der Waals surface area contributed by atoms with Gasteiger partial charge in [-0.3, -0.25) is 69.3 Å². The molecule has 12 atom stereocenters. The van der Waals surface area contributed by atoms with Crippen molar-refractivity contribution in [2.75, 3.05) is 42.5 Å². The number of amides is 9. The molecule has 6 aliphatic heterocycles. The van der Waals surface area contributed by atoms with E-state index in [2.05, 4.69) is 30.9 Å². The predicted octanol–water partition coefficient (Wildman–Crippen LogP) is 0.527. The number of aromatic nitrogens is 6. The number of hydrogen-bond acceptors (Lipinski definition) is 24. The highest BCUT2D eigenvalue weighted by Gasteiger charge is 2.69. The highest BCUT2D eigenvalue weighted by Crippen LogP contribution is 2.65. The number of nitrogens with one attached hydrogen (secondary N) is 6. The van der Waals surface area contributed by atoms with Crippen LogP contribution in [-0.4, -0.2) is 158 Å². The first kappa shape index (κ1) is 67.5. The number of urea groups is 3. The lowest BCUT2D eigenvalue weighted by molar-refractivity contribution is -0.162. The molecule has 3 aromatic carbocycles. The Bertz CT molecular complexity index is 5360. The highest BCUT2D eigenvalue weighted by molar-refractivity contribution is 6.05. The normalized spacial score (nSPS) is 24.4. The summed E-state index contributed by atoms with van der Waals surface area (Å²) in [6.45, 7) is 0. The maximum atomic E-state index is 13.0. The van der Waals surface area contributed by atoms with Crippen LogP contribution in [0.4, 0.5) is 14.4 Å². The number of nitrogens with zero attached hydrogens (tertiary/aromatic N) is 6. The van der Waals surface area contributed by atoms with Crippen molar-refractivity contribution in [3.63, 3.8) is 0 Å². The van der Waals surface area contributed by atoms with Gasteiger partial charge in [0.15, 0.2) is 34.0 Å². The number of aryl methyl sites for hydroxylation is 3. The van der Waals surface area contributed by atoms with E-state index in [0.717, 1.165) is 27.3 Å². The van der Waals surface area contributed by atoms with Crippen molar-refractivity contribution < 1.29 is 80.0 Å². The summed E-state index contributed by atoms with van der Waals surface area (Å²) in [6.07, 6.45) is 6.91. The van der Waals surface area contributed by atoms with Gasteiger partial charge in [-0.25, -0.2) is 33.6 Å². The standard InChI is InChI=1S/C22H20N4O8.C17H14N2O6.C12H8O4.3C5H6N2O2/c1-25-12-9(18(27)23-21(25)30)7-5-4-6-8-10-13(26(2)22(31)24-19(10)28)16(8)33-14(6)17(32-3)15(5)34-20(29)11(7)12;1-19-11-9(15(20)18-17(19)22)8-7-5-6-3-4-24-12(6)14(23-2)13(7)25-16(21)10(8)11;1-14-12-10-8(4-5-15-10)6-7-2-3-9(13)16-11(7)12;3*1-7-3-2-4(8)6-5(7)9/h4,7-13,16H,1-3H3,(H,23,27,30)(H,24,28,31);3-5,8-11H,1-2H3,(H,18,20,22);2-6H,1H3;3*2-3H,1H3,(H,6,8,9). The number of imide groups is 3. The number of H-pyrrole nitrogens is 3. The van der Waals surface area contributed by atoms with Crippen molar-refractivity contribution in [2.24, 2.45) is 50.7 Å². The Morgan fingerprint density at radius 1 is 0.382 bits per heavy atom. The maximum absolute atomic E-state index is 13.0. The molecule has 9 aliphatic rings. The van der Waals surface area contributed by atoms with E-state index in [1.807, 2.05) is 24.3 Å². The van der Waals surface area contributed by atoms with Crippen LogP contribution in [-0.2, 0) is 45.1 Å². The third-order valence-corrected chi connectivity index (χ3v) is 19.5. The van der Waals surface area contributed by atoms with Crippen LogP contribution < -0.4 is 83.7 Å². The molecular formula is C66H60N12O24. The van der Waals surface area contributed by atoms with E-state index in [9.17, 15) is 71.9 Å². The van der Waals surface area contributed by atoms with Crippen molar-refractivity contribution in [1.29, 1.82) is 0 Å². The smallest absolute Gasteiger partial charge is 0.336 e. The molecule has 36 heteroatoms.